The van der Waals surface area contributed by atoms with Crippen LogP contribution >= 0.6 is 11.6 Å². The maximum Gasteiger partial charge on any atom is 0.255 e. The third-order valence-corrected chi connectivity index (χ3v) is 5.61. The van der Waals surface area contributed by atoms with Gasteiger partial charge in [0.25, 0.3) is 5.91 Å². The van der Waals surface area contributed by atoms with Crippen LogP contribution in [-0.4, -0.2) is 29.1 Å². The summed E-state index contributed by atoms with van der Waals surface area (Å²) in [6.07, 6.45) is 0. The molecule has 4 rings (SSSR count). The monoisotopic (exact) mass is 430 g/mol. The lowest BCUT2D eigenvalue weighted by molar-refractivity contribution is 0.102. The van der Waals surface area contributed by atoms with Crippen molar-refractivity contribution in [1.29, 1.82) is 0 Å². The van der Waals surface area contributed by atoms with Crippen molar-refractivity contribution in [2.75, 3.05) is 34.3 Å². The number of benzene rings is 3. The Kier molecular flexibility index (Phi) is 7.09. The van der Waals surface area contributed by atoms with Crippen LogP contribution in [0.25, 0.3) is 10.8 Å². The average Bonchev–Trinajstić information content (AvgIpc) is 3.15. The molecule has 0 bridgehead atoms. The molecular formula is C21H23ClN4O2S. The number of nitrogens with zero attached hydrogens (tertiary/aromatic N) is 1. The molecule has 1 saturated heterocycles. The molecule has 0 radical (unpaired) electrons. The minimum Gasteiger partial charge on any atom is -0.398 e. The molecule has 1 fully saturated rings. The lowest BCUT2D eigenvalue weighted by Crippen LogP contribution is -2.22. The lowest BCUT2D eigenvalue weighted by atomic mass is 10.1. The van der Waals surface area contributed by atoms with E-state index in [4.69, 9.17) is 17.3 Å². The second-order valence-electron chi connectivity index (χ2n) is 6.26. The van der Waals surface area contributed by atoms with Gasteiger partial charge in [-0.1, -0.05) is 31.2 Å². The van der Waals surface area contributed by atoms with Gasteiger partial charge in [0, 0.05) is 46.7 Å². The van der Waals surface area contributed by atoms with E-state index in [0.717, 1.165) is 22.3 Å². The van der Waals surface area contributed by atoms with Crippen molar-refractivity contribution in [3.05, 3.63) is 66.2 Å². The van der Waals surface area contributed by atoms with Crippen molar-refractivity contribution in [2.24, 2.45) is 0 Å². The zero-order valence-electron chi connectivity index (χ0n) is 16.0. The zero-order chi connectivity index (χ0) is 20.8. The van der Waals surface area contributed by atoms with Crippen molar-refractivity contribution in [1.82, 2.24) is 4.72 Å². The van der Waals surface area contributed by atoms with Gasteiger partial charge >= 0.3 is 0 Å². The van der Waals surface area contributed by atoms with Crippen LogP contribution in [-0.2, 0) is 11.2 Å². The van der Waals surface area contributed by atoms with Crippen molar-refractivity contribution in [3.63, 3.8) is 0 Å². The van der Waals surface area contributed by atoms with E-state index in [9.17, 15) is 9.00 Å². The number of hydrogen-bond acceptors (Lipinski definition) is 3. The van der Waals surface area contributed by atoms with Crippen molar-refractivity contribution in [3.8, 4) is 0 Å². The van der Waals surface area contributed by atoms with Crippen molar-refractivity contribution < 1.29 is 9.00 Å². The number of carbonyl (C=O) groups is 1. The number of alkyl halides is 1. The van der Waals surface area contributed by atoms with Gasteiger partial charge in [-0.05, 0) is 36.4 Å². The number of carbonyl (C=O) groups excluding carboxylic acids is 1. The minimum absolute atomic E-state index is 0.202. The second-order valence-corrected chi connectivity index (χ2v) is 8.02. The molecule has 0 aliphatic carbocycles. The van der Waals surface area contributed by atoms with Gasteiger partial charge in [0.15, 0.2) is 11.2 Å². The number of rotatable bonds is 3. The van der Waals surface area contributed by atoms with Gasteiger partial charge in [0.1, 0.15) is 0 Å². The molecule has 4 N–H and O–H groups in total. The first-order valence-corrected chi connectivity index (χ1v) is 10.9. The topological polar surface area (TPSA) is 87.5 Å². The quantitative estimate of drug-likeness (QED) is 0.435. The Labute approximate surface area is 177 Å². The molecule has 1 unspecified atom stereocenters. The number of halogens is 1. The van der Waals surface area contributed by atoms with E-state index in [2.05, 4.69) is 10.0 Å². The molecule has 3 aromatic rings. The fourth-order valence-corrected chi connectivity index (χ4v) is 4.03. The van der Waals surface area contributed by atoms with Crippen LogP contribution in [0.3, 0.4) is 0 Å². The van der Waals surface area contributed by atoms with Crippen LogP contribution in [0.2, 0.25) is 0 Å². The summed E-state index contributed by atoms with van der Waals surface area (Å²) in [5, 5.41) is 4.75. The largest absolute Gasteiger partial charge is 0.398 e. The Morgan fingerprint density at radius 2 is 1.79 bits per heavy atom. The molecule has 1 aliphatic rings. The summed E-state index contributed by atoms with van der Waals surface area (Å²) in [6.45, 7) is 3.25. The summed E-state index contributed by atoms with van der Waals surface area (Å²) >= 11 is 3.79. The van der Waals surface area contributed by atoms with Crippen molar-refractivity contribution in [2.45, 2.75) is 6.92 Å². The van der Waals surface area contributed by atoms with Gasteiger partial charge in [-0.25, -0.2) is 8.93 Å². The summed E-state index contributed by atoms with van der Waals surface area (Å²) in [6, 6.07) is 18.4. The highest BCUT2D eigenvalue weighted by Gasteiger charge is 2.20. The van der Waals surface area contributed by atoms with E-state index in [0.29, 0.717) is 30.0 Å². The normalized spacial score (nSPS) is 15.7. The molecule has 1 atom stereocenters. The average molecular weight is 431 g/mol. The van der Waals surface area contributed by atoms with Crippen LogP contribution < -0.4 is 20.1 Å². The molecule has 1 aliphatic heterocycles. The van der Waals surface area contributed by atoms with Gasteiger partial charge in [-0.2, -0.15) is 0 Å². The number of fused-ring (bicyclic) bond motifs is 1. The predicted molar refractivity (Wildman–Crippen MR) is 123 cm³/mol. The Morgan fingerprint density at radius 3 is 2.45 bits per heavy atom. The van der Waals surface area contributed by atoms with Crippen LogP contribution in [0.5, 0.6) is 0 Å². The number of hydrogen-bond donors (Lipinski definition) is 3. The number of nitrogen functional groups attached to an aromatic ring is 1. The highest BCUT2D eigenvalue weighted by atomic mass is 35.5. The van der Waals surface area contributed by atoms with E-state index >= 15 is 0 Å². The molecule has 29 heavy (non-hydrogen) atoms. The highest BCUT2D eigenvalue weighted by molar-refractivity contribution is 7.84. The van der Waals surface area contributed by atoms with Crippen LogP contribution in [0.1, 0.15) is 17.3 Å². The van der Waals surface area contributed by atoms with Gasteiger partial charge in [-0.3, -0.25) is 9.10 Å². The molecule has 8 heteroatoms. The molecule has 1 amide bonds. The smallest absolute Gasteiger partial charge is 0.255 e. The first-order valence-electron chi connectivity index (χ1n) is 9.22. The standard InChI is InChI=1S/C19H18N4O2S.C2H5Cl/c20-17-5-1-4-16-15(17)3-2-6-18(16)22-19(24)13-7-9-14(10-8-13)23-12-11-21-26(23)25;1-2-3/h1-10,21H,11-12,20H2,(H,22,24);2H2,1H3. The van der Waals surface area contributed by atoms with Crippen molar-refractivity contribution >= 4 is 56.5 Å². The number of nitrogens with one attached hydrogen (secondary N) is 2. The van der Waals surface area contributed by atoms with Gasteiger partial charge in [0.05, 0.1) is 5.69 Å². The number of anilines is 3. The third kappa shape index (κ3) is 4.87. The summed E-state index contributed by atoms with van der Waals surface area (Å²) in [4.78, 5) is 12.6. The second kappa shape index (κ2) is 9.73. The molecular weight excluding hydrogens is 408 g/mol. The fourth-order valence-electron chi connectivity index (χ4n) is 3.04. The van der Waals surface area contributed by atoms with Crippen LogP contribution in [0.15, 0.2) is 60.7 Å². The van der Waals surface area contributed by atoms with E-state index < -0.39 is 11.2 Å². The summed E-state index contributed by atoms with van der Waals surface area (Å²) in [5.41, 5.74) is 8.76. The van der Waals surface area contributed by atoms with E-state index in [1.165, 1.54) is 0 Å². The summed E-state index contributed by atoms with van der Waals surface area (Å²) in [7, 11) is 0. The zero-order valence-corrected chi connectivity index (χ0v) is 17.6. The summed E-state index contributed by atoms with van der Waals surface area (Å²) in [5.74, 6) is 0.521. The number of nitrogens with two attached hydrogens (primary N) is 1. The SMILES string of the molecule is CCCl.Nc1cccc2c(NC(=O)c3ccc(N4CCNS4=O)cc3)cccc12. The molecule has 0 saturated carbocycles. The molecule has 1 heterocycles. The maximum atomic E-state index is 12.6. The van der Waals surface area contributed by atoms with E-state index in [1.807, 2.05) is 43.3 Å². The van der Waals surface area contributed by atoms with Crippen LogP contribution in [0, 0.1) is 0 Å². The Balaban J connectivity index is 0.000000755. The highest BCUT2D eigenvalue weighted by Crippen LogP contribution is 2.28. The third-order valence-electron chi connectivity index (χ3n) is 4.36. The van der Waals surface area contributed by atoms with E-state index in [-0.39, 0.29) is 5.91 Å². The van der Waals surface area contributed by atoms with Gasteiger partial charge in [0.2, 0.25) is 0 Å². The first kappa shape index (κ1) is 21.1. The minimum atomic E-state index is -1.21. The molecule has 6 nitrogen and oxygen atoms in total. The maximum absolute atomic E-state index is 12.6. The Bertz CT molecular complexity index is 1030. The molecule has 0 spiro atoms. The fraction of sp³-hybridized carbons (Fsp3) is 0.190. The van der Waals surface area contributed by atoms with Gasteiger partial charge < -0.3 is 11.1 Å². The predicted octanol–water partition coefficient (Wildman–Crippen LogP) is 3.91. The Hall–Kier alpha value is -2.61. The summed E-state index contributed by atoms with van der Waals surface area (Å²) < 4.78 is 16.5. The van der Waals surface area contributed by atoms with Gasteiger partial charge in [-0.15, -0.1) is 11.6 Å². The van der Waals surface area contributed by atoms with Crippen LogP contribution in [0.4, 0.5) is 17.1 Å². The van der Waals surface area contributed by atoms with E-state index in [1.54, 1.807) is 28.6 Å². The molecule has 0 aromatic heterocycles. The number of amides is 1. The lowest BCUT2D eigenvalue weighted by Gasteiger charge is -2.15. The Morgan fingerprint density at radius 1 is 1.14 bits per heavy atom. The first-order chi connectivity index (χ1) is 14.0. The molecule has 3 aromatic carbocycles. The molecule has 152 valence electrons.